The molecular formula is C14H20BrClN2. The highest BCUT2D eigenvalue weighted by Gasteiger charge is 2.17. The van der Waals surface area contributed by atoms with E-state index in [2.05, 4.69) is 45.2 Å². The van der Waals surface area contributed by atoms with Crippen molar-refractivity contribution in [3.8, 4) is 0 Å². The van der Waals surface area contributed by atoms with Crippen molar-refractivity contribution < 1.29 is 0 Å². The number of hydrogen-bond acceptors (Lipinski definition) is 2. The molecule has 1 atom stereocenters. The lowest BCUT2D eigenvalue weighted by atomic mass is 10.1. The Hall–Kier alpha value is -0.0900. The first-order valence-corrected chi connectivity index (χ1v) is 7.76. The molecule has 2 nitrogen and oxygen atoms in total. The number of benzene rings is 1. The largest absolute Gasteiger partial charge is 0.313 e. The highest BCUT2D eigenvalue weighted by Crippen LogP contribution is 2.24. The smallest absolute Gasteiger partial charge is 0.0551 e. The van der Waals surface area contributed by atoms with Gasteiger partial charge >= 0.3 is 0 Å². The molecule has 1 fully saturated rings. The maximum atomic E-state index is 6.13. The zero-order valence-corrected chi connectivity index (χ0v) is 13.1. The van der Waals surface area contributed by atoms with Crippen LogP contribution < -0.4 is 5.32 Å². The van der Waals surface area contributed by atoms with E-state index < -0.39 is 0 Å². The van der Waals surface area contributed by atoms with Crippen molar-refractivity contribution >= 4 is 27.5 Å². The van der Waals surface area contributed by atoms with Crippen LogP contribution in [0.1, 0.15) is 25.3 Å². The topological polar surface area (TPSA) is 15.3 Å². The van der Waals surface area contributed by atoms with E-state index in [0.29, 0.717) is 6.04 Å². The van der Waals surface area contributed by atoms with Crippen molar-refractivity contribution in [3.05, 3.63) is 33.3 Å². The second-order valence-electron chi connectivity index (χ2n) is 4.87. The zero-order chi connectivity index (χ0) is 13.0. The van der Waals surface area contributed by atoms with Gasteiger partial charge in [0.15, 0.2) is 0 Å². The molecule has 1 N–H and O–H groups in total. The molecule has 0 radical (unpaired) electrons. The Bertz CT molecular complexity index is 391. The van der Waals surface area contributed by atoms with Gasteiger partial charge in [0.25, 0.3) is 0 Å². The summed E-state index contributed by atoms with van der Waals surface area (Å²) in [5.41, 5.74) is 1.28. The van der Waals surface area contributed by atoms with Gasteiger partial charge in [-0.2, -0.15) is 0 Å². The molecule has 18 heavy (non-hydrogen) atoms. The molecule has 0 spiro atoms. The van der Waals surface area contributed by atoms with Crippen LogP contribution in [-0.4, -0.2) is 30.6 Å². The predicted octanol–water partition coefficient (Wildman–Crippen LogP) is 3.68. The molecule has 0 aromatic heterocycles. The van der Waals surface area contributed by atoms with E-state index in [9.17, 15) is 0 Å². The molecule has 1 aliphatic rings. The molecular weight excluding hydrogens is 312 g/mol. The first-order valence-electron chi connectivity index (χ1n) is 6.58. The van der Waals surface area contributed by atoms with E-state index in [-0.39, 0.29) is 0 Å². The average molecular weight is 332 g/mol. The van der Waals surface area contributed by atoms with Crippen LogP contribution >= 0.6 is 27.5 Å². The van der Waals surface area contributed by atoms with Crippen molar-refractivity contribution in [1.29, 1.82) is 0 Å². The molecule has 1 aliphatic heterocycles. The average Bonchev–Trinajstić information content (AvgIpc) is 2.86. The molecule has 0 amide bonds. The van der Waals surface area contributed by atoms with Crippen molar-refractivity contribution in [2.45, 2.75) is 32.4 Å². The standard InChI is InChI=1S/C14H20BrClN2/c1-2-18(10-12-4-3-7-17-12)9-11-5-6-13(15)14(16)8-11/h5-6,8,12,17H,2-4,7,9-10H2,1H3. The molecule has 1 unspecified atom stereocenters. The number of nitrogens with one attached hydrogen (secondary N) is 1. The Morgan fingerprint density at radius 2 is 2.33 bits per heavy atom. The van der Waals surface area contributed by atoms with Gasteiger partial charge in [-0.3, -0.25) is 4.90 Å². The quantitative estimate of drug-likeness (QED) is 0.885. The Kier molecular flexibility index (Phi) is 5.49. The minimum atomic E-state index is 0.663. The monoisotopic (exact) mass is 330 g/mol. The van der Waals surface area contributed by atoms with Gasteiger partial charge in [-0.25, -0.2) is 0 Å². The van der Waals surface area contributed by atoms with Crippen molar-refractivity contribution in [1.82, 2.24) is 10.2 Å². The normalized spacial score (nSPS) is 19.7. The fourth-order valence-corrected chi connectivity index (χ4v) is 2.88. The van der Waals surface area contributed by atoms with Gasteiger partial charge in [-0.15, -0.1) is 0 Å². The van der Waals surface area contributed by atoms with Crippen LogP contribution in [0.15, 0.2) is 22.7 Å². The fraction of sp³-hybridized carbons (Fsp3) is 0.571. The molecule has 0 saturated carbocycles. The van der Waals surface area contributed by atoms with Crippen LogP contribution in [0.3, 0.4) is 0 Å². The third-order valence-corrected chi connectivity index (χ3v) is 4.71. The van der Waals surface area contributed by atoms with Gasteiger partial charge in [0, 0.05) is 23.6 Å². The molecule has 4 heteroatoms. The highest BCUT2D eigenvalue weighted by molar-refractivity contribution is 9.10. The van der Waals surface area contributed by atoms with Gasteiger partial charge in [0.2, 0.25) is 0 Å². The zero-order valence-electron chi connectivity index (χ0n) is 10.8. The van der Waals surface area contributed by atoms with Crippen LogP contribution in [0.2, 0.25) is 5.02 Å². The maximum absolute atomic E-state index is 6.13. The lowest BCUT2D eigenvalue weighted by Crippen LogP contribution is -2.37. The van der Waals surface area contributed by atoms with E-state index in [1.807, 2.05) is 6.07 Å². The van der Waals surface area contributed by atoms with Crippen LogP contribution in [0.4, 0.5) is 0 Å². The molecule has 1 aromatic carbocycles. The number of nitrogens with zero attached hydrogens (tertiary/aromatic N) is 1. The Labute approximate surface area is 123 Å². The van der Waals surface area contributed by atoms with Gasteiger partial charge in [-0.1, -0.05) is 24.6 Å². The molecule has 0 aliphatic carbocycles. The summed E-state index contributed by atoms with van der Waals surface area (Å²) in [4.78, 5) is 2.47. The van der Waals surface area contributed by atoms with Crippen LogP contribution in [0.5, 0.6) is 0 Å². The Morgan fingerprint density at radius 3 is 2.94 bits per heavy atom. The van der Waals surface area contributed by atoms with Gasteiger partial charge < -0.3 is 5.32 Å². The van der Waals surface area contributed by atoms with Crippen LogP contribution in [0.25, 0.3) is 0 Å². The summed E-state index contributed by atoms with van der Waals surface area (Å²) in [5.74, 6) is 0. The summed E-state index contributed by atoms with van der Waals surface area (Å²) in [7, 11) is 0. The molecule has 1 aromatic rings. The predicted molar refractivity (Wildman–Crippen MR) is 81.1 cm³/mol. The molecule has 1 heterocycles. The minimum Gasteiger partial charge on any atom is -0.313 e. The summed E-state index contributed by atoms with van der Waals surface area (Å²) in [5, 5.41) is 4.35. The molecule has 1 saturated heterocycles. The Balaban J connectivity index is 1.94. The maximum Gasteiger partial charge on any atom is 0.0551 e. The van der Waals surface area contributed by atoms with Gasteiger partial charge in [0.1, 0.15) is 0 Å². The number of hydrogen-bond donors (Lipinski definition) is 1. The first-order chi connectivity index (χ1) is 8.69. The van der Waals surface area contributed by atoms with Gasteiger partial charge in [0.05, 0.1) is 5.02 Å². The lowest BCUT2D eigenvalue weighted by Gasteiger charge is -2.24. The number of likely N-dealkylation sites (N-methyl/N-ethyl adjacent to an activating group) is 1. The van der Waals surface area contributed by atoms with E-state index in [1.165, 1.54) is 24.9 Å². The van der Waals surface area contributed by atoms with Crippen molar-refractivity contribution in [2.24, 2.45) is 0 Å². The van der Waals surface area contributed by atoms with E-state index >= 15 is 0 Å². The third kappa shape index (κ3) is 3.95. The van der Waals surface area contributed by atoms with E-state index in [1.54, 1.807) is 0 Å². The summed E-state index contributed by atoms with van der Waals surface area (Å²) in [6.45, 7) is 6.57. The highest BCUT2D eigenvalue weighted by atomic mass is 79.9. The summed E-state index contributed by atoms with van der Waals surface area (Å²) >= 11 is 9.56. The first kappa shape index (κ1) is 14.3. The van der Waals surface area contributed by atoms with Crippen molar-refractivity contribution in [3.63, 3.8) is 0 Å². The summed E-state index contributed by atoms with van der Waals surface area (Å²) in [6, 6.07) is 6.88. The number of halogens is 2. The van der Waals surface area contributed by atoms with Crippen LogP contribution in [-0.2, 0) is 6.54 Å². The fourth-order valence-electron chi connectivity index (χ4n) is 2.43. The molecule has 2 rings (SSSR count). The lowest BCUT2D eigenvalue weighted by molar-refractivity contribution is 0.253. The third-order valence-electron chi connectivity index (χ3n) is 3.48. The second-order valence-corrected chi connectivity index (χ2v) is 6.13. The van der Waals surface area contributed by atoms with E-state index in [4.69, 9.17) is 11.6 Å². The Morgan fingerprint density at radius 1 is 1.50 bits per heavy atom. The summed E-state index contributed by atoms with van der Waals surface area (Å²) in [6.07, 6.45) is 2.62. The van der Waals surface area contributed by atoms with Crippen molar-refractivity contribution in [2.75, 3.05) is 19.6 Å². The SMILES string of the molecule is CCN(Cc1ccc(Br)c(Cl)c1)CC1CCCN1. The minimum absolute atomic E-state index is 0.663. The van der Waals surface area contributed by atoms with E-state index in [0.717, 1.165) is 29.1 Å². The number of rotatable bonds is 5. The molecule has 100 valence electrons. The van der Waals surface area contributed by atoms with Crippen LogP contribution in [0, 0.1) is 0 Å². The molecule has 0 bridgehead atoms. The van der Waals surface area contributed by atoms with Gasteiger partial charge in [-0.05, 0) is 59.6 Å². The second kappa shape index (κ2) is 6.90. The summed E-state index contributed by atoms with van der Waals surface area (Å²) < 4.78 is 0.966.